The fourth-order valence-electron chi connectivity index (χ4n) is 4.65. The summed E-state index contributed by atoms with van der Waals surface area (Å²) in [6, 6.07) is 0.893. The van der Waals surface area contributed by atoms with Crippen LogP contribution in [0.15, 0.2) is 0 Å². The van der Waals surface area contributed by atoms with Crippen LogP contribution in [0, 0.1) is 23.7 Å². The second-order valence-electron chi connectivity index (χ2n) is 8.05. The standard InChI is InChI=1S/C18H31NO2/c1-11(2)14-8-7-12(3)9-15(14)18-16(10-17(20)21-18)19-13-5-4-6-13/h11-16,18-19H,4-10H2,1-3H3/t12?,14?,15?,16-,18+/m1/s1. The zero-order chi connectivity index (χ0) is 15.0. The Bertz CT molecular complexity index is 377. The third-order valence-corrected chi connectivity index (χ3v) is 6.10. The molecule has 0 amide bonds. The van der Waals surface area contributed by atoms with Gasteiger partial charge in [0.05, 0.1) is 12.5 Å². The van der Waals surface area contributed by atoms with E-state index in [1.165, 1.54) is 38.5 Å². The Morgan fingerprint density at radius 3 is 2.57 bits per heavy atom. The normalized spacial score (nSPS) is 41.1. The van der Waals surface area contributed by atoms with Crippen LogP contribution in [0.4, 0.5) is 0 Å². The molecule has 1 N–H and O–H groups in total. The molecule has 1 aliphatic heterocycles. The Morgan fingerprint density at radius 2 is 1.95 bits per heavy atom. The summed E-state index contributed by atoms with van der Waals surface area (Å²) in [5, 5.41) is 3.72. The van der Waals surface area contributed by atoms with Gasteiger partial charge in [-0.3, -0.25) is 4.79 Å². The van der Waals surface area contributed by atoms with E-state index in [1.807, 2.05) is 0 Å². The van der Waals surface area contributed by atoms with E-state index < -0.39 is 0 Å². The third kappa shape index (κ3) is 3.28. The quantitative estimate of drug-likeness (QED) is 0.806. The number of ether oxygens (including phenoxy) is 1. The van der Waals surface area contributed by atoms with Gasteiger partial charge in [-0.15, -0.1) is 0 Å². The molecule has 1 saturated heterocycles. The second kappa shape index (κ2) is 6.28. The number of nitrogens with one attached hydrogen (secondary N) is 1. The fourth-order valence-corrected chi connectivity index (χ4v) is 4.65. The summed E-state index contributed by atoms with van der Waals surface area (Å²) in [6.45, 7) is 7.02. The molecular weight excluding hydrogens is 262 g/mol. The molecule has 0 radical (unpaired) electrons. The summed E-state index contributed by atoms with van der Waals surface area (Å²) in [6.07, 6.45) is 8.43. The fraction of sp³-hybridized carbons (Fsp3) is 0.944. The van der Waals surface area contributed by atoms with Crippen molar-refractivity contribution in [3.05, 3.63) is 0 Å². The van der Waals surface area contributed by atoms with Gasteiger partial charge in [0.25, 0.3) is 0 Å². The maximum absolute atomic E-state index is 11.9. The summed E-state index contributed by atoms with van der Waals surface area (Å²) in [7, 11) is 0. The van der Waals surface area contributed by atoms with Gasteiger partial charge in [-0.05, 0) is 43.4 Å². The Balaban J connectivity index is 1.72. The molecular formula is C18H31NO2. The number of carbonyl (C=O) groups is 1. The minimum absolute atomic E-state index is 0.0116. The third-order valence-electron chi connectivity index (χ3n) is 6.10. The van der Waals surface area contributed by atoms with Crippen LogP contribution < -0.4 is 5.32 Å². The number of hydrogen-bond acceptors (Lipinski definition) is 3. The highest BCUT2D eigenvalue weighted by molar-refractivity contribution is 5.73. The highest BCUT2D eigenvalue weighted by Crippen LogP contribution is 2.43. The van der Waals surface area contributed by atoms with Crippen molar-refractivity contribution in [2.45, 2.75) is 83.9 Å². The summed E-state index contributed by atoms with van der Waals surface area (Å²) in [5.74, 6) is 2.73. The lowest BCUT2D eigenvalue weighted by Crippen LogP contribution is -2.50. The molecule has 0 aromatic heterocycles. The first-order valence-corrected chi connectivity index (χ1v) is 9.00. The van der Waals surface area contributed by atoms with Crippen molar-refractivity contribution in [1.82, 2.24) is 5.32 Å². The topological polar surface area (TPSA) is 38.3 Å². The lowest BCUT2D eigenvalue weighted by molar-refractivity contribution is -0.145. The maximum atomic E-state index is 11.9. The van der Waals surface area contributed by atoms with E-state index in [9.17, 15) is 4.79 Å². The van der Waals surface area contributed by atoms with Crippen LogP contribution >= 0.6 is 0 Å². The Labute approximate surface area is 129 Å². The zero-order valence-electron chi connectivity index (χ0n) is 13.8. The van der Waals surface area contributed by atoms with E-state index in [1.54, 1.807) is 0 Å². The molecule has 0 aromatic carbocycles. The molecule has 5 atom stereocenters. The summed E-state index contributed by atoms with van der Waals surface area (Å²) in [5.41, 5.74) is 0. The lowest BCUT2D eigenvalue weighted by atomic mass is 9.67. The second-order valence-corrected chi connectivity index (χ2v) is 8.05. The molecule has 0 spiro atoms. The van der Waals surface area contributed by atoms with Crippen molar-refractivity contribution >= 4 is 5.97 Å². The average molecular weight is 293 g/mol. The molecule has 21 heavy (non-hydrogen) atoms. The van der Waals surface area contributed by atoms with Crippen molar-refractivity contribution in [3.8, 4) is 0 Å². The summed E-state index contributed by atoms with van der Waals surface area (Å²) < 4.78 is 5.81. The van der Waals surface area contributed by atoms with Crippen molar-refractivity contribution in [2.75, 3.05) is 0 Å². The molecule has 2 aliphatic carbocycles. The van der Waals surface area contributed by atoms with Gasteiger partial charge in [0, 0.05) is 12.0 Å². The van der Waals surface area contributed by atoms with Gasteiger partial charge >= 0.3 is 5.97 Å². The highest BCUT2D eigenvalue weighted by Gasteiger charge is 2.46. The van der Waals surface area contributed by atoms with Crippen LogP contribution in [-0.2, 0) is 9.53 Å². The first-order valence-electron chi connectivity index (χ1n) is 9.00. The number of hydrogen-bond donors (Lipinski definition) is 1. The molecule has 3 unspecified atom stereocenters. The van der Waals surface area contributed by atoms with Gasteiger partial charge in [0.1, 0.15) is 6.10 Å². The van der Waals surface area contributed by atoms with Crippen molar-refractivity contribution in [2.24, 2.45) is 23.7 Å². The van der Waals surface area contributed by atoms with Gasteiger partial charge in [-0.1, -0.05) is 33.6 Å². The molecule has 3 rings (SSSR count). The van der Waals surface area contributed by atoms with Gasteiger partial charge < -0.3 is 10.1 Å². The SMILES string of the molecule is CC1CCC(C(C)C)C([C@@H]2OC(=O)C[C@H]2NC2CCC2)C1. The first-order chi connectivity index (χ1) is 10.0. The number of esters is 1. The van der Waals surface area contributed by atoms with Crippen molar-refractivity contribution in [3.63, 3.8) is 0 Å². The Morgan fingerprint density at radius 1 is 1.19 bits per heavy atom. The molecule has 0 bridgehead atoms. The van der Waals surface area contributed by atoms with Gasteiger partial charge in [-0.25, -0.2) is 0 Å². The molecule has 2 saturated carbocycles. The number of rotatable bonds is 4. The number of cyclic esters (lactones) is 1. The molecule has 0 aromatic rings. The Hall–Kier alpha value is -0.570. The molecule has 3 heteroatoms. The monoisotopic (exact) mass is 293 g/mol. The predicted octanol–water partition coefficient (Wildman–Crippen LogP) is 3.52. The summed E-state index contributed by atoms with van der Waals surface area (Å²) in [4.78, 5) is 11.9. The van der Waals surface area contributed by atoms with E-state index in [2.05, 4.69) is 26.1 Å². The van der Waals surface area contributed by atoms with E-state index in [4.69, 9.17) is 4.74 Å². The van der Waals surface area contributed by atoms with Gasteiger partial charge in [0.15, 0.2) is 0 Å². The number of carbonyl (C=O) groups excluding carboxylic acids is 1. The van der Waals surface area contributed by atoms with Crippen molar-refractivity contribution in [1.29, 1.82) is 0 Å². The largest absolute Gasteiger partial charge is 0.460 e. The van der Waals surface area contributed by atoms with Gasteiger partial charge in [-0.2, -0.15) is 0 Å². The minimum atomic E-state index is 0.0116. The van der Waals surface area contributed by atoms with Crippen LogP contribution in [0.3, 0.4) is 0 Å². The van der Waals surface area contributed by atoms with Gasteiger partial charge in [0.2, 0.25) is 0 Å². The van der Waals surface area contributed by atoms with Crippen LogP contribution in [0.1, 0.15) is 65.7 Å². The first kappa shape index (κ1) is 15.3. The van der Waals surface area contributed by atoms with E-state index in [-0.39, 0.29) is 18.1 Å². The van der Waals surface area contributed by atoms with Crippen molar-refractivity contribution < 1.29 is 9.53 Å². The molecule has 3 aliphatic rings. The van der Waals surface area contributed by atoms with Crippen LogP contribution in [0.5, 0.6) is 0 Å². The minimum Gasteiger partial charge on any atom is -0.460 e. The average Bonchev–Trinajstić information content (AvgIpc) is 2.74. The van der Waals surface area contributed by atoms with Crippen LogP contribution in [0.25, 0.3) is 0 Å². The van der Waals surface area contributed by atoms with Crippen LogP contribution in [-0.4, -0.2) is 24.2 Å². The zero-order valence-corrected chi connectivity index (χ0v) is 13.8. The predicted molar refractivity (Wildman–Crippen MR) is 83.9 cm³/mol. The molecule has 3 fully saturated rings. The van der Waals surface area contributed by atoms with E-state index >= 15 is 0 Å². The van der Waals surface area contributed by atoms with Crippen LogP contribution in [0.2, 0.25) is 0 Å². The highest BCUT2D eigenvalue weighted by atomic mass is 16.6. The van der Waals surface area contributed by atoms with E-state index in [0.717, 1.165) is 5.92 Å². The molecule has 1 heterocycles. The van der Waals surface area contributed by atoms with E-state index in [0.29, 0.717) is 30.2 Å². The lowest BCUT2D eigenvalue weighted by Gasteiger charge is -2.42. The molecule has 3 nitrogen and oxygen atoms in total. The molecule has 120 valence electrons. The smallest absolute Gasteiger partial charge is 0.307 e. The summed E-state index contributed by atoms with van der Waals surface area (Å²) >= 11 is 0. The Kier molecular flexibility index (Phi) is 4.58. The maximum Gasteiger partial charge on any atom is 0.307 e.